The molecule has 1 aromatic heterocycles. The van der Waals surface area contributed by atoms with Gasteiger partial charge in [0, 0.05) is 23.4 Å². The Morgan fingerprint density at radius 2 is 1.83 bits per heavy atom. The van der Waals surface area contributed by atoms with Gasteiger partial charge in [0.05, 0.1) is 42.0 Å². The molecule has 0 unspecified atom stereocenters. The predicted molar refractivity (Wildman–Crippen MR) is 120 cm³/mol. The van der Waals surface area contributed by atoms with Gasteiger partial charge in [0.2, 0.25) is 0 Å². The maximum atomic E-state index is 13.5. The Balaban J connectivity index is 1.96. The molecule has 0 fully saturated rings. The SMILES string of the molecule is CCOc1ccc2c(c1)n(-c1ccccc1Cl)c(=O)n2Cc1ccc(N)cc1OC. The van der Waals surface area contributed by atoms with Gasteiger partial charge in [-0.3, -0.25) is 9.13 Å². The normalized spacial score (nSPS) is 11.0. The number of imidazole rings is 1. The van der Waals surface area contributed by atoms with E-state index in [9.17, 15) is 4.79 Å². The molecule has 0 bridgehead atoms. The van der Waals surface area contributed by atoms with Crippen LogP contribution in [0.2, 0.25) is 5.02 Å². The molecule has 6 nitrogen and oxygen atoms in total. The molecule has 0 aliphatic carbocycles. The number of aromatic nitrogens is 2. The summed E-state index contributed by atoms with van der Waals surface area (Å²) in [6, 6.07) is 18.3. The van der Waals surface area contributed by atoms with Crippen molar-refractivity contribution in [2.75, 3.05) is 19.5 Å². The molecule has 0 spiro atoms. The van der Waals surface area contributed by atoms with E-state index in [4.69, 9.17) is 26.8 Å². The standard InChI is InChI=1S/C23H22ClN3O3/c1-3-30-17-10-11-20-21(13-17)27(19-7-5-4-6-18(19)24)23(28)26(20)14-15-8-9-16(25)12-22(15)29-2/h4-13H,3,14,25H2,1-2H3. The Hall–Kier alpha value is -3.38. The zero-order valence-electron chi connectivity index (χ0n) is 16.8. The Bertz CT molecular complexity index is 1280. The highest BCUT2D eigenvalue weighted by atomic mass is 35.5. The minimum atomic E-state index is -0.203. The smallest absolute Gasteiger partial charge is 0.334 e. The summed E-state index contributed by atoms with van der Waals surface area (Å²) in [6.45, 7) is 2.78. The largest absolute Gasteiger partial charge is 0.496 e. The van der Waals surface area contributed by atoms with Crippen molar-refractivity contribution < 1.29 is 9.47 Å². The van der Waals surface area contributed by atoms with E-state index < -0.39 is 0 Å². The van der Waals surface area contributed by atoms with Crippen LogP contribution in [0, 0.1) is 0 Å². The minimum absolute atomic E-state index is 0.203. The first-order chi connectivity index (χ1) is 14.5. The Morgan fingerprint density at radius 3 is 2.57 bits per heavy atom. The third kappa shape index (κ3) is 3.50. The number of benzene rings is 3. The number of para-hydroxylation sites is 1. The summed E-state index contributed by atoms with van der Waals surface area (Å²) in [5.74, 6) is 1.32. The number of anilines is 1. The Kier molecular flexibility index (Phi) is 5.42. The van der Waals surface area contributed by atoms with E-state index in [1.807, 2.05) is 49.4 Å². The molecule has 30 heavy (non-hydrogen) atoms. The number of ether oxygens (including phenoxy) is 2. The van der Waals surface area contributed by atoms with E-state index in [1.165, 1.54) is 0 Å². The van der Waals surface area contributed by atoms with Gasteiger partial charge in [-0.15, -0.1) is 0 Å². The molecule has 4 aromatic rings. The van der Waals surface area contributed by atoms with Gasteiger partial charge in [-0.25, -0.2) is 4.79 Å². The molecule has 0 aliphatic rings. The molecule has 154 valence electrons. The zero-order valence-corrected chi connectivity index (χ0v) is 17.5. The number of halogens is 1. The summed E-state index contributed by atoms with van der Waals surface area (Å²) >= 11 is 6.43. The molecule has 0 saturated heterocycles. The fourth-order valence-corrected chi connectivity index (χ4v) is 3.79. The molecule has 0 amide bonds. The summed E-state index contributed by atoms with van der Waals surface area (Å²) < 4.78 is 14.4. The first kappa shape index (κ1) is 19.9. The van der Waals surface area contributed by atoms with E-state index in [1.54, 1.807) is 34.4 Å². The number of nitrogen functional groups attached to an aromatic ring is 1. The molecule has 0 atom stereocenters. The van der Waals surface area contributed by atoms with Crippen LogP contribution in [0.4, 0.5) is 5.69 Å². The Morgan fingerprint density at radius 1 is 1.03 bits per heavy atom. The van der Waals surface area contributed by atoms with Crippen LogP contribution < -0.4 is 20.9 Å². The molecule has 7 heteroatoms. The molecule has 3 aromatic carbocycles. The average molecular weight is 424 g/mol. The van der Waals surface area contributed by atoms with Gasteiger partial charge in [-0.05, 0) is 37.3 Å². The van der Waals surface area contributed by atoms with Gasteiger partial charge in [-0.2, -0.15) is 0 Å². The van der Waals surface area contributed by atoms with Gasteiger partial charge in [-0.1, -0.05) is 29.8 Å². The lowest BCUT2D eigenvalue weighted by molar-refractivity contribution is 0.340. The maximum Gasteiger partial charge on any atom is 0.334 e. The van der Waals surface area contributed by atoms with E-state index in [0.717, 1.165) is 11.1 Å². The summed E-state index contributed by atoms with van der Waals surface area (Å²) in [5.41, 5.74) is 9.22. The van der Waals surface area contributed by atoms with Crippen molar-refractivity contribution in [3.8, 4) is 17.2 Å². The number of nitrogens with zero attached hydrogens (tertiary/aromatic N) is 2. The van der Waals surface area contributed by atoms with Gasteiger partial charge in [0.15, 0.2) is 0 Å². The van der Waals surface area contributed by atoms with E-state index in [0.29, 0.717) is 46.6 Å². The summed E-state index contributed by atoms with van der Waals surface area (Å²) in [5, 5.41) is 0.491. The molecule has 4 rings (SSSR count). The van der Waals surface area contributed by atoms with E-state index >= 15 is 0 Å². The quantitative estimate of drug-likeness (QED) is 0.464. The molecule has 2 N–H and O–H groups in total. The van der Waals surface area contributed by atoms with Crippen LogP contribution in [0.5, 0.6) is 11.5 Å². The number of hydrogen-bond donors (Lipinski definition) is 1. The summed E-state index contributed by atoms with van der Waals surface area (Å²) in [4.78, 5) is 13.5. The number of rotatable bonds is 6. The van der Waals surface area contributed by atoms with Gasteiger partial charge in [0.25, 0.3) is 0 Å². The van der Waals surface area contributed by atoms with Crippen LogP contribution in [0.15, 0.2) is 65.5 Å². The van der Waals surface area contributed by atoms with Crippen LogP contribution >= 0.6 is 11.6 Å². The van der Waals surface area contributed by atoms with Crippen LogP contribution in [-0.2, 0) is 6.54 Å². The molecule has 0 aliphatic heterocycles. The topological polar surface area (TPSA) is 71.4 Å². The fraction of sp³-hybridized carbons (Fsp3) is 0.174. The molecule has 1 heterocycles. The van der Waals surface area contributed by atoms with Crippen molar-refractivity contribution in [2.24, 2.45) is 0 Å². The lowest BCUT2D eigenvalue weighted by Gasteiger charge is -2.10. The van der Waals surface area contributed by atoms with Crippen LogP contribution in [0.1, 0.15) is 12.5 Å². The number of fused-ring (bicyclic) bond motifs is 1. The van der Waals surface area contributed by atoms with Gasteiger partial charge < -0.3 is 15.2 Å². The zero-order chi connectivity index (χ0) is 21.3. The average Bonchev–Trinajstić information content (AvgIpc) is 3.01. The second kappa shape index (κ2) is 8.16. The van der Waals surface area contributed by atoms with Crippen molar-refractivity contribution in [3.05, 3.63) is 81.7 Å². The lowest BCUT2D eigenvalue weighted by atomic mass is 10.1. The van der Waals surface area contributed by atoms with Crippen LogP contribution in [0.3, 0.4) is 0 Å². The van der Waals surface area contributed by atoms with Gasteiger partial charge in [0.1, 0.15) is 11.5 Å². The highest BCUT2D eigenvalue weighted by Crippen LogP contribution is 2.28. The highest BCUT2D eigenvalue weighted by molar-refractivity contribution is 6.32. The molecule has 0 saturated carbocycles. The fourth-order valence-electron chi connectivity index (χ4n) is 3.57. The van der Waals surface area contributed by atoms with Crippen molar-refractivity contribution in [2.45, 2.75) is 13.5 Å². The van der Waals surface area contributed by atoms with Crippen LogP contribution in [0.25, 0.3) is 16.7 Å². The second-order valence-corrected chi connectivity index (χ2v) is 7.22. The van der Waals surface area contributed by atoms with Crippen LogP contribution in [-0.4, -0.2) is 22.9 Å². The number of nitrogens with two attached hydrogens (primary N) is 1. The molecular formula is C23H22ClN3O3. The number of hydrogen-bond acceptors (Lipinski definition) is 4. The number of methoxy groups -OCH3 is 1. The minimum Gasteiger partial charge on any atom is -0.496 e. The summed E-state index contributed by atoms with van der Waals surface area (Å²) in [6.07, 6.45) is 0. The highest BCUT2D eigenvalue weighted by Gasteiger charge is 2.18. The summed E-state index contributed by atoms with van der Waals surface area (Å²) in [7, 11) is 1.59. The second-order valence-electron chi connectivity index (χ2n) is 6.81. The third-order valence-corrected chi connectivity index (χ3v) is 5.26. The van der Waals surface area contributed by atoms with E-state index in [-0.39, 0.29) is 5.69 Å². The Labute approximate surface area is 179 Å². The van der Waals surface area contributed by atoms with Crippen molar-refractivity contribution in [3.63, 3.8) is 0 Å². The first-order valence-electron chi connectivity index (χ1n) is 9.59. The first-order valence-corrected chi connectivity index (χ1v) is 9.96. The molecular weight excluding hydrogens is 402 g/mol. The van der Waals surface area contributed by atoms with Crippen molar-refractivity contribution in [1.29, 1.82) is 0 Å². The van der Waals surface area contributed by atoms with E-state index in [2.05, 4.69) is 0 Å². The molecule has 0 radical (unpaired) electrons. The third-order valence-electron chi connectivity index (χ3n) is 4.94. The van der Waals surface area contributed by atoms with Crippen molar-refractivity contribution in [1.82, 2.24) is 9.13 Å². The predicted octanol–water partition coefficient (Wildman–Crippen LogP) is 4.48. The van der Waals surface area contributed by atoms with Crippen molar-refractivity contribution >= 4 is 28.3 Å². The van der Waals surface area contributed by atoms with Gasteiger partial charge >= 0.3 is 5.69 Å². The maximum absolute atomic E-state index is 13.5. The lowest BCUT2D eigenvalue weighted by Crippen LogP contribution is -2.24. The monoisotopic (exact) mass is 423 g/mol.